The number of benzene rings is 1. The third-order valence-electron chi connectivity index (χ3n) is 2.48. The van der Waals surface area contributed by atoms with Gasteiger partial charge >= 0.3 is 102 Å². The van der Waals surface area contributed by atoms with Crippen LogP contribution in [0.5, 0.6) is 0 Å². The Bertz CT molecular complexity index is 616. The zero-order chi connectivity index (χ0) is 13.1. The Morgan fingerprint density at radius 2 is 1.72 bits per heavy atom. The predicted molar refractivity (Wildman–Crippen MR) is 66.5 cm³/mol. The van der Waals surface area contributed by atoms with Crippen LogP contribution >= 0.6 is 0 Å². The molecule has 6 nitrogen and oxygen atoms in total. The van der Waals surface area contributed by atoms with Crippen LogP contribution in [0, 0.1) is 20.2 Å². The fraction of sp³-hybridized carbons (Fsp3) is 0. The molecule has 0 spiro atoms. The van der Waals surface area contributed by atoms with Crippen molar-refractivity contribution in [2.24, 2.45) is 0 Å². The summed E-state index contributed by atoms with van der Waals surface area (Å²) in [5.74, 6) is 1.72. The molecular formula is C11H7BN2O4. The number of para-hydroxylation sites is 1. The Morgan fingerprint density at radius 1 is 0.944 bits per heavy atom. The maximum atomic E-state index is 11.0. The molecule has 0 aliphatic rings. The van der Waals surface area contributed by atoms with Crippen LogP contribution in [0.4, 0.5) is 11.4 Å². The molecule has 0 bridgehead atoms. The van der Waals surface area contributed by atoms with E-state index in [1.54, 1.807) is 31.1 Å². The van der Waals surface area contributed by atoms with E-state index in [4.69, 9.17) is 0 Å². The molecule has 2 rings (SSSR count). The Labute approximate surface area is 102 Å². The Morgan fingerprint density at radius 3 is 2.28 bits per heavy atom. The Balaban J connectivity index is 2.72. The van der Waals surface area contributed by atoms with E-state index in [1.807, 2.05) is 0 Å². The van der Waals surface area contributed by atoms with Crippen LogP contribution in [0.2, 0.25) is 0 Å². The average molecular weight is 242 g/mol. The first-order chi connectivity index (χ1) is 8.61. The molecule has 88 valence electrons. The molecule has 1 aromatic carbocycles. The van der Waals surface area contributed by atoms with E-state index in [1.165, 1.54) is 12.1 Å². The zero-order valence-corrected chi connectivity index (χ0v) is 9.15. The summed E-state index contributed by atoms with van der Waals surface area (Å²) in [6, 6.07) is 9.23. The van der Waals surface area contributed by atoms with Gasteiger partial charge in [0.1, 0.15) is 0 Å². The van der Waals surface area contributed by atoms with Gasteiger partial charge in [-0.25, -0.2) is 0 Å². The second kappa shape index (κ2) is 4.74. The summed E-state index contributed by atoms with van der Waals surface area (Å²) in [4.78, 5) is 20.4. The average Bonchev–Trinajstić information content (AvgIpc) is 2.38. The zero-order valence-electron chi connectivity index (χ0n) is 9.15. The minimum atomic E-state index is -0.745. The van der Waals surface area contributed by atoms with E-state index in [0.717, 1.165) is 6.07 Å². The van der Waals surface area contributed by atoms with Gasteiger partial charge in [0.15, 0.2) is 0 Å². The quantitative estimate of drug-likeness (QED) is 0.611. The first-order valence-corrected chi connectivity index (χ1v) is 5.08. The van der Waals surface area contributed by atoms with Gasteiger partial charge in [0.25, 0.3) is 0 Å². The normalized spacial score (nSPS) is 9.78. The number of nitro groups is 2. The van der Waals surface area contributed by atoms with Crippen LogP contribution in [0.1, 0.15) is 0 Å². The molecule has 2 aromatic rings. The molecule has 0 atom stereocenters. The number of nitrogens with zero attached hydrogens (tertiary/aromatic N) is 2. The van der Waals surface area contributed by atoms with Crippen molar-refractivity contribution in [3.05, 3.63) is 62.6 Å². The topological polar surface area (TPSA) is 86.3 Å². The molecule has 1 heterocycles. The van der Waals surface area contributed by atoms with Crippen molar-refractivity contribution < 1.29 is 9.85 Å². The SMILES string of the molecule is O=[N+]([O-])c1cccc(-c2bcccc2)c1[N+](=O)[O-]. The van der Waals surface area contributed by atoms with Gasteiger partial charge in [0.05, 0.1) is 0 Å². The molecule has 0 unspecified atom stereocenters. The summed E-state index contributed by atoms with van der Waals surface area (Å²) < 4.78 is 0. The van der Waals surface area contributed by atoms with E-state index in [9.17, 15) is 20.2 Å². The molecule has 0 fully saturated rings. The monoisotopic (exact) mass is 242 g/mol. The molecule has 0 radical (unpaired) electrons. The van der Waals surface area contributed by atoms with Crippen molar-refractivity contribution in [1.82, 2.24) is 0 Å². The number of nitro benzene ring substituents is 2. The fourth-order valence-corrected chi connectivity index (χ4v) is 1.72. The predicted octanol–water partition coefficient (Wildman–Crippen LogP) is 2.51. The van der Waals surface area contributed by atoms with Gasteiger partial charge in [-0.15, -0.1) is 0 Å². The summed E-state index contributed by atoms with van der Waals surface area (Å²) in [6.07, 6.45) is 0. The Kier molecular flexibility index (Phi) is 3.14. The van der Waals surface area contributed by atoms with Crippen LogP contribution in [0.15, 0.2) is 42.4 Å². The van der Waals surface area contributed by atoms with Gasteiger partial charge in [-0.3, -0.25) is 0 Å². The summed E-state index contributed by atoms with van der Waals surface area (Å²) in [5, 5.41) is 21.8. The van der Waals surface area contributed by atoms with Crippen molar-refractivity contribution in [2.45, 2.75) is 0 Å². The Hall–Kier alpha value is -2.57. The van der Waals surface area contributed by atoms with Crippen molar-refractivity contribution in [2.75, 3.05) is 0 Å². The van der Waals surface area contributed by atoms with E-state index >= 15 is 0 Å². The van der Waals surface area contributed by atoms with Gasteiger partial charge in [0.2, 0.25) is 0 Å². The van der Waals surface area contributed by atoms with Crippen LogP contribution < -0.4 is 0 Å². The van der Waals surface area contributed by atoms with Gasteiger partial charge in [-0.1, -0.05) is 0 Å². The second-order valence-electron chi connectivity index (χ2n) is 3.55. The first-order valence-electron chi connectivity index (χ1n) is 5.08. The van der Waals surface area contributed by atoms with E-state index in [0.29, 0.717) is 5.46 Å². The molecule has 1 aromatic heterocycles. The van der Waals surface area contributed by atoms with Crippen molar-refractivity contribution in [1.29, 1.82) is 0 Å². The molecule has 0 saturated carbocycles. The molecule has 0 aliphatic heterocycles. The van der Waals surface area contributed by atoms with Crippen molar-refractivity contribution in [3.63, 3.8) is 0 Å². The van der Waals surface area contributed by atoms with Crippen molar-refractivity contribution in [3.8, 4) is 11.0 Å². The minimum absolute atomic E-state index is 0.245. The standard InChI is InChI=1S/C11H7BN2O4/c15-13(16)10-6-3-4-8(11(10)14(17)18)9-5-1-2-7-12-9/h1-7H. The molecular weight excluding hydrogens is 235 g/mol. The van der Waals surface area contributed by atoms with E-state index < -0.39 is 21.2 Å². The first kappa shape index (κ1) is 11.9. The van der Waals surface area contributed by atoms with Gasteiger partial charge in [-0.2, -0.15) is 0 Å². The number of hydrogen-bond donors (Lipinski definition) is 0. The van der Waals surface area contributed by atoms with Crippen LogP contribution in [0.3, 0.4) is 0 Å². The fourth-order valence-electron chi connectivity index (χ4n) is 1.72. The number of rotatable bonds is 3. The van der Waals surface area contributed by atoms with Gasteiger partial charge in [0, 0.05) is 0 Å². The van der Waals surface area contributed by atoms with Crippen LogP contribution in [-0.2, 0) is 0 Å². The third-order valence-corrected chi connectivity index (χ3v) is 2.48. The molecule has 0 N–H and O–H groups in total. The molecule has 7 heteroatoms. The summed E-state index contributed by atoms with van der Waals surface area (Å²) in [7, 11) is 0. The van der Waals surface area contributed by atoms with Crippen molar-refractivity contribution >= 4 is 18.3 Å². The third kappa shape index (κ3) is 2.10. The summed E-state index contributed by atoms with van der Waals surface area (Å²) in [6.45, 7) is 1.67. The molecule has 18 heavy (non-hydrogen) atoms. The van der Waals surface area contributed by atoms with E-state index in [-0.39, 0.29) is 5.56 Å². The second-order valence-corrected chi connectivity index (χ2v) is 3.55. The number of hydrogen-bond acceptors (Lipinski definition) is 4. The maximum absolute atomic E-state index is 11.0. The summed E-state index contributed by atoms with van der Waals surface area (Å²) >= 11 is 0. The van der Waals surface area contributed by atoms with E-state index in [2.05, 4.69) is 0 Å². The van der Waals surface area contributed by atoms with Gasteiger partial charge < -0.3 is 0 Å². The van der Waals surface area contributed by atoms with Gasteiger partial charge in [-0.05, 0) is 0 Å². The van der Waals surface area contributed by atoms with Crippen LogP contribution in [-0.4, -0.2) is 16.8 Å². The summed E-state index contributed by atoms with van der Waals surface area (Å²) in [5.41, 5.74) is -0.155. The molecule has 0 amide bonds. The molecule has 0 saturated heterocycles. The van der Waals surface area contributed by atoms with Crippen LogP contribution in [0.25, 0.3) is 11.0 Å². The molecule has 0 aliphatic carbocycles.